The molecule has 2 aromatic rings. The summed E-state index contributed by atoms with van der Waals surface area (Å²) < 4.78 is 32.1. The van der Waals surface area contributed by atoms with Gasteiger partial charge in [-0.05, 0) is 27.2 Å². The molecule has 1 aromatic carbocycles. The topological polar surface area (TPSA) is 197 Å². The van der Waals surface area contributed by atoms with E-state index in [9.17, 15) is 32.7 Å². The van der Waals surface area contributed by atoms with Crippen LogP contribution in [0.15, 0.2) is 36.4 Å². The monoisotopic (exact) mass is 606 g/mol. The highest BCUT2D eigenvalue weighted by atomic mass is 32.2. The number of amides is 2. The number of ether oxygens (including phenoxy) is 1. The average Bonchev–Trinajstić information content (AvgIpc) is 2.95. The fourth-order valence-electron chi connectivity index (χ4n) is 3.82. The second-order valence-corrected chi connectivity index (χ2v) is 11.7. The van der Waals surface area contributed by atoms with Crippen molar-refractivity contribution < 1.29 is 42.3 Å². The van der Waals surface area contributed by atoms with Gasteiger partial charge >= 0.3 is 12.1 Å². The summed E-state index contributed by atoms with van der Waals surface area (Å²) in [5, 5.41) is 12.3. The third-order valence-corrected chi connectivity index (χ3v) is 7.86. The SMILES string of the molecule is CCOC(=O)ON1CCN(C(=O)[C@H](CCC(=O)O)NC(=O)c2cc(NS(=O)(=O)C(C)C)nc(-c3ccccc3)n2)CC1. The molecule has 3 rings (SSSR count). The van der Waals surface area contributed by atoms with Crippen LogP contribution < -0.4 is 10.0 Å². The van der Waals surface area contributed by atoms with E-state index in [1.807, 2.05) is 0 Å². The van der Waals surface area contributed by atoms with Crippen molar-refractivity contribution in [2.75, 3.05) is 37.5 Å². The molecule has 0 unspecified atom stereocenters. The molecule has 1 saturated heterocycles. The third-order valence-electron chi connectivity index (χ3n) is 6.12. The number of nitrogens with zero attached hydrogens (tertiary/aromatic N) is 4. The summed E-state index contributed by atoms with van der Waals surface area (Å²) in [5.41, 5.74) is 0.282. The smallest absolute Gasteiger partial charge is 0.481 e. The zero-order valence-corrected chi connectivity index (χ0v) is 24.3. The van der Waals surface area contributed by atoms with E-state index in [0.29, 0.717) is 5.56 Å². The summed E-state index contributed by atoms with van der Waals surface area (Å²) in [6.07, 6.45) is -1.47. The maximum atomic E-state index is 13.4. The molecule has 1 atom stereocenters. The van der Waals surface area contributed by atoms with Crippen LogP contribution in [0.25, 0.3) is 11.4 Å². The first-order valence-corrected chi connectivity index (χ1v) is 14.8. The molecule has 0 aliphatic carbocycles. The summed E-state index contributed by atoms with van der Waals surface area (Å²) in [6.45, 7) is 5.39. The van der Waals surface area contributed by atoms with Crippen LogP contribution in [0.3, 0.4) is 0 Å². The number of anilines is 1. The lowest BCUT2D eigenvalue weighted by atomic mass is 10.1. The summed E-state index contributed by atoms with van der Waals surface area (Å²) in [5.74, 6) is -2.59. The highest BCUT2D eigenvalue weighted by Crippen LogP contribution is 2.20. The van der Waals surface area contributed by atoms with E-state index >= 15 is 0 Å². The van der Waals surface area contributed by atoms with E-state index in [1.54, 1.807) is 37.3 Å². The predicted octanol–water partition coefficient (Wildman–Crippen LogP) is 1.49. The number of hydroxylamine groups is 2. The fourth-order valence-corrected chi connectivity index (χ4v) is 4.45. The van der Waals surface area contributed by atoms with Crippen LogP contribution in [0, 0.1) is 0 Å². The molecule has 42 heavy (non-hydrogen) atoms. The molecule has 0 bridgehead atoms. The Labute approximate surface area is 243 Å². The Hall–Kier alpha value is -4.31. The lowest BCUT2D eigenvalue weighted by molar-refractivity contribution is -0.157. The van der Waals surface area contributed by atoms with Gasteiger partial charge in [-0.15, -0.1) is 5.06 Å². The molecule has 3 N–H and O–H groups in total. The van der Waals surface area contributed by atoms with Gasteiger partial charge in [0, 0.05) is 31.1 Å². The van der Waals surface area contributed by atoms with Crippen LogP contribution in [0.1, 0.15) is 44.1 Å². The molecule has 0 spiro atoms. The van der Waals surface area contributed by atoms with Gasteiger partial charge in [0.15, 0.2) is 5.82 Å². The van der Waals surface area contributed by atoms with Gasteiger partial charge in [-0.3, -0.25) is 19.1 Å². The van der Waals surface area contributed by atoms with Crippen molar-refractivity contribution in [3.8, 4) is 11.4 Å². The molecule has 2 amide bonds. The van der Waals surface area contributed by atoms with Crippen molar-refractivity contribution >= 4 is 39.8 Å². The molecule has 2 heterocycles. The summed E-state index contributed by atoms with van der Waals surface area (Å²) >= 11 is 0. The quantitative estimate of drug-likeness (QED) is 0.295. The number of rotatable bonds is 12. The normalized spacial score (nSPS) is 14.6. The van der Waals surface area contributed by atoms with Crippen LogP contribution in [-0.2, 0) is 29.2 Å². The number of aromatic nitrogens is 2. The molecular weight excluding hydrogens is 572 g/mol. The number of hydrogen-bond donors (Lipinski definition) is 3. The van der Waals surface area contributed by atoms with Crippen LogP contribution in [-0.4, -0.2) is 101 Å². The van der Waals surface area contributed by atoms with Gasteiger partial charge in [0.1, 0.15) is 17.6 Å². The zero-order valence-electron chi connectivity index (χ0n) is 23.5. The number of piperazine rings is 1. The molecular formula is C26H34N6O9S. The van der Waals surface area contributed by atoms with E-state index in [-0.39, 0.29) is 56.5 Å². The summed E-state index contributed by atoms with van der Waals surface area (Å²) in [6, 6.07) is 8.50. The Kier molecular flexibility index (Phi) is 11.2. The third kappa shape index (κ3) is 9.10. The number of carbonyl (C=O) groups excluding carboxylic acids is 3. The number of carbonyl (C=O) groups is 4. The zero-order chi connectivity index (χ0) is 30.9. The van der Waals surface area contributed by atoms with Crippen molar-refractivity contribution in [1.29, 1.82) is 0 Å². The Morgan fingerprint density at radius 1 is 1.05 bits per heavy atom. The lowest BCUT2D eigenvalue weighted by Crippen LogP contribution is -2.55. The first-order valence-electron chi connectivity index (χ1n) is 13.3. The Balaban J connectivity index is 1.83. The minimum Gasteiger partial charge on any atom is -0.481 e. The fraction of sp³-hybridized carbons (Fsp3) is 0.462. The summed E-state index contributed by atoms with van der Waals surface area (Å²) in [7, 11) is -3.82. The maximum absolute atomic E-state index is 13.4. The molecule has 15 nitrogen and oxygen atoms in total. The minimum absolute atomic E-state index is 0.0656. The minimum atomic E-state index is -3.82. The average molecular weight is 607 g/mol. The van der Waals surface area contributed by atoms with Crippen molar-refractivity contribution in [2.24, 2.45) is 0 Å². The number of carboxylic acid groups (broad SMARTS) is 1. The molecule has 0 saturated carbocycles. The van der Waals surface area contributed by atoms with Gasteiger partial charge in [0.2, 0.25) is 15.9 Å². The number of sulfonamides is 1. The predicted molar refractivity (Wildman–Crippen MR) is 150 cm³/mol. The molecule has 1 fully saturated rings. The van der Waals surface area contributed by atoms with E-state index < -0.39 is 51.7 Å². The van der Waals surface area contributed by atoms with Gasteiger partial charge in [-0.1, -0.05) is 30.3 Å². The highest BCUT2D eigenvalue weighted by molar-refractivity contribution is 7.93. The van der Waals surface area contributed by atoms with E-state index in [1.165, 1.54) is 23.8 Å². The molecule has 228 valence electrons. The van der Waals surface area contributed by atoms with Crippen molar-refractivity contribution in [3.05, 3.63) is 42.1 Å². The Morgan fingerprint density at radius 3 is 2.31 bits per heavy atom. The number of carboxylic acids is 1. The van der Waals surface area contributed by atoms with Crippen LogP contribution in [0.4, 0.5) is 10.6 Å². The van der Waals surface area contributed by atoms with E-state index in [0.717, 1.165) is 6.07 Å². The van der Waals surface area contributed by atoms with Crippen molar-refractivity contribution in [3.63, 3.8) is 0 Å². The largest absolute Gasteiger partial charge is 0.527 e. The van der Waals surface area contributed by atoms with E-state index in [4.69, 9.17) is 9.57 Å². The second kappa shape index (κ2) is 14.5. The summed E-state index contributed by atoms with van der Waals surface area (Å²) in [4.78, 5) is 64.6. The van der Waals surface area contributed by atoms with Gasteiger partial charge in [-0.2, -0.15) is 0 Å². The molecule has 16 heteroatoms. The van der Waals surface area contributed by atoms with Gasteiger partial charge < -0.3 is 24.9 Å². The second-order valence-electron chi connectivity index (χ2n) is 9.51. The Bertz CT molecular complexity index is 1380. The van der Waals surface area contributed by atoms with Gasteiger partial charge in [0.25, 0.3) is 5.91 Å². The standard InChI is InChI=1S/C26H34N6O9S/c1-4-40-26(37)41-32-14-12-31(13-15-32)25(36)19(10-11-22(33)34)28-24(35)20-16-21(30-42(38,39)17(2)3)29-23(27-20)18-8-6-5-7-9-18/h5-9,16-17,19H,4,10-15H2,1-3H3,(H,28,35)(H,33,34)(H,27,29,30)/t19-/m0/s1. The van der Waals surface area contributed by atoms with Gasteiger partial charge in [0.05, 0.1) is 24.9 Å². The van der Waals surface area contributed by atoms with Crippen molar-refractivity contribution in [2.45, 2.75) is 44.9 Å². The van der Waals surface area contributed by atoms with Gasteiger partial charge in [-0.25, -0.2) is 23.2 Å². The van der Waals surface area contributed by atoms with Crippen LogP contribution in [0.5, 0.6) is 0 Å². The molecule has 1 aromatic heterocycles. The van der Waals surface area contributed by atoms with Crippen LogP contribution in [0.2, 0.25) is 0 Å². The molecule has 0 radical (unpaired) electrons. The van der Waals surface area contributed by atoms with Crippen molar-refractivity contribution in [1.82, 2.24) is 25.2 Å². The first kappa shape index (κ1) is 32.2. The number of benzene rings is 1. The molecule has 1 aliphatic heterocycles. The lowest BCUT2D eigenvalue weighted by Gasteiger charge is -2.35. The highest BCUT2D eigenvalue weighted by Gasteiger charge is 2.31. The number of aliphatic carboxylic acids is 1. The van der Waals surface area contributed by atoms with E-state index in [2.05, 4.69) is 20.0 Å². The first-order chi connectivity index (χ1) is 19.9. The molecule has 1 aliphatic rings. The number of hydrogen-bond acceptors (Lipinski definition) is 11. The van der Waals surface area contributed by atoms with Crippen LogP contribution >= 0.6 is 0 Å². The maximum Gasteiger partial charge on any atom is 0.527 e. The Morgan fingerprint density at radius 2 is 1.71 bits per heavy atom. The number of nitrogens with one attached hydrogen (secondary N) is 2.